The Labute approximate surface area is 149 Å². The fraction of sp³-hybridized carbons (Fsp3) is 0.556. The third-order valence-corrected chi connectivity index (χ3v) is 6.20. The number of aryl methyl sites for hydroxylation is 1. The largest absolute Gasteiger partial charge is 0.352 e. The molecular formula is C18H26N2O4S. The van der Waals surface area contributed by atoms with Gasteiger partial charge in [-0.2, -0.15) is 0 Å². The van der Waals surface area contributed by atoms with Gasteiger partial charge in [0.05, 0.1) is 11.5 Å². The number of carbonyl (C=O) groups is 2. The van der Waals surface area contributed by atoms with Crippen molar-refractivity contribution in [2.24, 2.45) is 0 Å². The maximum atomic E-state index is 12.5. The number of amides is 2. The highest BCUT2D eigenvalue weighted by Gasteiger charge is 2.33. The fourth-order valence-corrected chi connectivity index (χ4v) is 4.85. The topological polar surface area (TPSA) is 83.6 Å². The summed E-state index contributed by atoms with van der Waals surface area (Å²) in [5, 5.41) is 2.77. The molecule has 0 spiro atoms. The van der Waals surface area contributed by atoms with Gasteiger partial charge in [-0.1, -0.05) is 25.1 Å². The number of nitrogens with zero attached hydrogens (tertiary/aromatic N) is 1. The summed E-state index contributed by atoms with van der Waals surface area (Å²) in [6.07, 6.45) is 1.45. The van der Waals surface area contributed by atoms with E-state index in [1.165, 1.54) is 0 Å². The molecule has 1 unspecified atom stereocenters. The number of benzene rings is 1. The Morgan fingerprint density at radius 2 is 2.00 bits per heavy atom. The molecule has 138 valence electrons. The molecule has 1 aliphatic rings. The minimum Gasteiger partial charge on any atom is -0.352 e. The number of rotatable bonds is 7. The zero-order chi connectivity index (χ0) is 18.4. The summed E-state index contributed by atoms with van der Waals surface area (Å²) in [4.78, 5) is 26.3. The second-order valence-corrected chi connectivity index (χ2v) is 8.69. The SMILES string of the molecule is CCCN(C(=O)CCNC(=O)c1ccccc1C)C1CCS(=O)(=O)C1. The van der Waals surface area contributed by atoms with Crippen LogP contribution < -0.4 is 5.32 Å². The quantitative estimate of drug-likeness (QED) is 0.793. The van der Waals surface area contributed by atoms with Crippen molar-refractivity contribution in [1.29, 1.82) is 0 Å². The molecule has 2 amide bonds. The van der Waals surface area contributed by atoms with E-state index in [0.717, 1.165) is 12.0 Å². The highest BCUT2D eigenvalue weighted by molar-refractivity contribution is 7.91. The van der Waals surface area contributed by atoms with Crippen molar-refractivity contribution in [2.75, 3.05) is 24.6 Å². The van der Waals surface area contributed by atoms with Crippen LogP contribution in [0.1, 0.15) is 42.1 Å². The smallest absolute Gasteiger partial charge is 0.251 e. The summed E-state index contributed by atoms with van der Waals surface area (Å²) < 4.78 is 23.3. The summed E-state index contributed by atoms with van der Waals surface area (Å²) in [6, 6.07) is 7.05. The number of sulfone groups is 1. The van der Waals surface area contributed by atoms with E-state index in [2.05, 4.69) is 5.32 Å². The molecule has 0 bridgehead atoms. The molecule has 1 fully saturated rings. The molecule has 6 nitrogen and oxygen atoms in total. The Balaban J connectivity index is 1.89. The van der Waals surface area contributed by atoms with Gasteiger partial charge in [-0.3, -0.25) is 9.59 Å². The first-order chi connectivity index (χ1) is 11.8. The first kappa shape index (κ1) is 19.4. The van der Waals surface area contributed by atoms with E-state index >= 15 is 0 Å². The van der Waals surface area contributed by atoms with Crippen LogP contribution in [-0.4, -0.2) is 55.8 Å². The van der Waals surface area contributed by atoms with E-state index in [1.807, 2.05) is 26.0 Å². The zero-order valence-corrected chi connectivity index (χ0v) is 15.6. The lowest BCUT2D eigenvalue weighted by Crippen LogP contribution is -2.43. The molecule has 0 radical (unpaired) electrons. The van der Waals surface area contributed by atoms with E-state index in [1.54, 1.807) is 17.0 Å². The number of hydrogen-bond acceptors (Lipinski definition) is 4. The lowest BCUT2D eigenvalue weighted by Gasteiger charge is -2.28. The van der Waals surface area contributed by atoms with Crippen LogP contribution in [0.4, 0.5) is 0 Å². The van der Waals surface area contributed by atoms with Gasteiger partial charge in [0.2, 0.25) is 5.91 Å². The van der Waals surface area contributed by atoms with Crippen molar-refractivity contribution in [3.63, 3.8) is 0 Å². The van der Waals surface area contributed by atoms with Crippen molar-refractivity contribution in [3.05, 3.63) is 35.4 Å². The molecule has 1 aliphatic heterocycles. The zero-order valence-electron chi connectivity index (χ0n) is 14.8. The average molecular weight is 366 g/mol. The lowest BCUT2D eigenvalue weighted by atomic mass is 10.1. The van der Waals surface area contributed by atoms with Crippen molar-refractivity contribution < 1.29 is 18.0 Å². The molecule has 0 saturated carbocycles. The molecule has 25 heavy (non-hydrogen) atoms. The van der Waals surface area contributed by atoms with E-state index < -0.39 is 9.84 Å². The molecule has 1 aromatic carbocycles. The molecule has 1 N–H and O–H groups in total. The Kier molecular flexibility index (Phi) is 6.58. The predicted molar refractivity (Wildman–Crippen MR) is 97.2 cm³/mol. The van der Waals surface area contributed by atoms with E-state index in [9.17, 15) is 18.0 Å². The molecule has 1 atom stereocenters. The standard InChI is InChI=1S/C18H26N2O4S/c1-3-11-20(15-9-12-25(23,24)13-15)17(21)8-10-19-18(22)16-7-5-4-6-14(16)2/h4-7,15H,3,8-13H2,1-2H3,(H,19,22). The molecule has 1 saturated heterocycles. The monoisotopic (exact) mass is 366 g/mol. The van der Waals surface area contributed by atoms with Gasteiger partial charge in [-0.25, -0.2) is 8.42 Å². The van der Waals surface area contributed by atoms with Crippen LogP contribution >= 0.6 is 0 Å². The number of hydrogen-bond donors (Lipinski definition) is 1. The van der Waals surface area contributed by atoms with Gasteiger partial charge >= 0.3 is 0 Å². The van der Waals surface area contributed by atoms with Crippen LogP contribution in [0.3, 0.4) is 0 Å². The third kappa shape index (κ3) is 5.29. The molecule has 0 aliphatic carbocycles. The van der Waals surface area contributed by atoms with Gasteiger partial charge in [-0.15, -0.1) is 0 Å². The Bertz CT molecular complexity index is 730. The van der Waals surface area contributed by atoms with Gasteiger partial charge in [0.25, 0.3) is 5.91 Å². The van der Waals surface area contributed by atoms with E-state index in [4.69, 9.17) is 0 Å². The Hall–Kier alpha value is -1.89. The summed E-state index contributed by atoms with van der Waals surface area (Å²) in [5.74, 6) is -0.103. The molecule has 1 aromatic rings. The second-order valence-electron chi connectivity index (χ2n) is 6.46. The molecular weight excluding hydrogens is 340 g/mol. The molecule has 0 aromatic heterocycles. The fourth-order valence-electron chi connectivity index (χ4n) is 3.12. The van der Waals surface area contributed by atoms with Crippen LogP contribution in [0, 0.1) is 6.92 Å². The molecule has 2 rings (SSSR count). The van der Waals surface area contributed by atoms with Crippen molar-refractivity contribution in [1.82, 2.24) is 10.2 Å². The highest BCUT2D eigenvalue weighted by Crippen LogP contribution is 2.19. The van der Waals surface area contributed by atoms with Gasteiger partial charge in [-0.05, 0) is 31.4 Å². The van der Waals surface area contributed by atoms with Crippen LogP contribution in [0.25, 0.3) is 0 Å². The Morgan fingerprint density at radius 1 is 1.28 bits per heavy atom. The maximum absolute atomic E-state index is 12.5. The predicted octanol–water partition coefficient (Wildman–Crippen LogP) is 1.54. The molecule has 7 heteroatoms. The summed E-state index contributed by atoms with van der Waals surface area (Å²) in [5.41, 5.74) is 1.48. The Morgan fingerprint density at radius 3 is 2.60 bits per heavy atom. The van der Waals surface area contributed by atoms with E-state index in [0.29, 0.717) is 18.5 Å². The van der Waals surface area contributed by atoms with Gasteiger partial charge in [0, 0.05) is 31.1 Å². The van der Waals surface area contributed by atoms with Crippen molar-refractivity contribution in [3.8, 4) is 0 Å². The lowest BCUT2D eigenvalue weighted by molar-refractivity contribution is -0.132. The first-order valence-corrected chi connectivity index (χ1v) is 10.5. The van der Waals surface area contributed by atoms with Crippen LogP contribution in [-0.2, 0) is 14.6 Å². The minimum atomic E-state index is -3.03. The summed E-state index contributed by atoms with van der Waals surface area (Å²) in [7, 11) is -3.03. The first-order valence-electron chi connectivity index (χ1n) is 8.68. The normalized spacial score (nSPS) is 18.7. The number of carbonyl (C=O) groups excluding carboxylic acids is 2. The van der Waals surface area contributed by atoms with Crippen molar-refractivity contribution in [2.45, 2.75) is 39.2 Å². The van der Waals surface area contributed by atoms with Gasteiger partial charge in [0.1, 0.15) is 0 Å². The third-order valence-electron chi connectivity index (χ3n) is 4.45. The second kappa shape index (κ2) is 8.47. The average Bonchev–Trinajstić information content (AvgIpc) is 2.92. The maximum Gasteiger partial charge on any atom is 0.251 e. The van der Waals surface area contributed by atoms with Crippen LogP contribution in [0.15, 0.2) is 24.3 Å². The summed E-state index contributed by atoms with van der Waals surface area (Å²) in [6.45, 7) is 4.61. The number of nitrogens with one attached hydrogen (secondary N) is 1. The van der Waals surface area contributed by atoms with Gasteiger partial charge < -0.3 is 10.2 Å². The van der Waals surface area contributed by atoms with Gasteiger partial charge in [0.15, 0.2) is 9.84 Å². The minimum absolute atomic E-state index is 0.0499. The molecule has 1 heterocycles. The van der Waals surface area contributed by atoms with Crippen LogP contribution in [0.5, 0.6) is 0 Å². The summed E-state index contributed by atoms with van der Waals surface area (Å²) >= 11 is 0. The van der Waals surface area contributed by atoms with Crippen LogP contribution in [0.2, 0.25) is 0 Å². The van der Waals surface area contributed by atoms with Crippen molar-refractivity contribution >= 4 is 21.7 Å². The van der Waals surface area contributed by atoms with E-state index in [-0.39, 0.29) is 42.3 Å². The highest BCUT2D eigenvalue weighted by atomic mass is 32.2.